The van der Waals surface area contributed by atoms with Crippen LogP contribution in [0.15, 0.2) is 29.5 Å². The highest BCUT2D eigenvalue weighted by molar-refractivity contribution is 5.31. The third-order valence-corrected chi connectivity index (χ3v) is 4.49. The Morgan fingerprint density at radius 1 is 1.55 bits per heavy atom. The molecule has 2 N–H and O–H groups in total. The van der Waals surface area contributed by atoms with Crippen molar-refractivity contribution >= 4 is 0 Å². The summed E-state index contributed by atoms with van der Waals surface area (Å²) in [7, 11) is 0. The van der Waals surface area contributed by atoms with Crippen LogP contribution in [0, 0.1) is 0 Å². The molecule has 2 heterocycles. The average molecular weight is 278 g/mol. The maximum absolute atomic E-state index is 10.3. The second-order valence-corrected chi connectivity index (χ2v) is 6.77. The summed E-state index contributed by atoms with van der Waals surface area (Å²) in [5, 5.41) is 20.5. The molecule has 1 aliphatic carbocycles. The third-order valence-electron chi connectivity index (χ3n) is 4.49. The van der Waals surface area contributed by atoms with Gasteiger partial charge < -0.3 is 19.7 Å². The van der Waals surface area contributed by atoms with Crippen LogP contribution in [0.2, 0.25) is 0 Å². The minimum Gasteiger partial charge on any atom is -0.388 e. The van der Waals surface area contributed by atoms with Gasteiger partial charge >= 0.3 is 0 Å². The molecule has 0 aromatic heterocycles. The van der Waals surface area contributed by atoms with E-state index in [-0.39, 0.29) is 18.3 Å². The Morgan fingerprint density at radius 3 is 2.85 bits per heavy atom. The molecule has 0 radical (unpaired) electrons. The smallest absolute Gasteiger partial charge is 0.127 e. The Bertz CT molecular complexity index is 509. The van der Waals surface area contributed by atoms with Crippen molar-refractivity contribution in [2.24, 2.45) is 0 Å². The summed E-state index contributed by atoms with van der Waals surface area (Å²) in [6.45, 7) is 9.18. The van der Waals surface area contributed by atoms with Gasteiger partial charge in [-0.1, -0.05) is 12.2 Å². The van der Waals surface area contributed by atoms with Gasteiger partial charge in [-0.25, -0.2) is 0 Å². The van der Waals surface area contributed by atoms with Crippen LogP contribution in [-0.2, 0) is 9.47 Å². The fraction of sp³-hybridized carbons (Fsp3) is 0.688. The van der Waals surface area contributed by atoms with Gasteiger partial charge in [0.2, 0.25) is 0 Å². The van der Waals surface area contributed by atoms with Gasteiger partial charge in [0.25, 0.3) is 0 Å². The van der Waals surface area contributed by atoms with Crippen LogP contribution < -0.4 is 0 Å². The van der Waals surface area contributed by atoms with E-state index in [4.69, 9.17) is 9.47 Å². The van der Waals surface area contributed by atoms with E-state index in [9.17, 15) is 10.2 Å². The molecule has 1 spiro atoms. The van der Waals surface area contributed by atoms with E-state index in [0.29, 0.717) is 12.8 Å². The highest BCUT2D eigenvalue weighted by Gasteiger charge is 2.72. The van der Waals surface area contributed by atoms with E-state index in [1.807, 2.05) is 6.92 Å². The fourth-order valence-electron chi connectivity index (χ4n) is 3.24. The van der Waals surface area contributed by atoms with Crippen LogP contribution >= 0.6 is 0 Å². The standard InChI is InChI=1S/C16H22O4/c1-9(2)5-6-10-7-11-16(14(20-16)13(10)17)8-12(19-11)15(3,4)18/h5,11-14,17-18H,1,7-8H2,2-4H3/t6?,11-,12+,13+,14+,16-/m0/s1. The van der Waals surface area contributed by atoms with Gasteiger partial charge in [-0.15, -0.1) is 5.73 Å². The molecule has 3 aliphatic rings. The van der Waals surface area contributed by atoms with Crippen molar-refractivity contribution in [2.75, 3.05) is 0 Å². The molecule has 2 aliphatic heterocycles. The third kappa shape index (κ3) is 2.09. The highest BCUT2D eigenvalue weighted by atomic mass is 16.7. The van der Waals surface area contributed by atoms with Crippen molar-refractivity contribution in [1.29, 1.82) is 0 Å². The lowest BCUT2D eigenvalue weighted by Crippen LogP contribution is -2.39. The average Bonchev–Trinajstić information content (AvgIpc) is 2.92. The Hall–Kier alpha value is -0.900. The summed E-state index contributed by atoms with van der Waals surface area (Å²) >= 11 is 0. The monoisotopic (exact) mass is 278 g/mol. The first kappa shape index (κ1) is 14.1. The van der Waals surface area contributed by atoms with Gasteiger partial charge in [-0.3, -0.25) is 0 Å². The van der Waals surface area contributed by atoms with Crippen molar-refractivity contribution in [2.45, 2.75) is 69.2 Å². The van der Waals surface area contributed by atoms with Crippen LogP contribution in [0.4, 0.5) is 0 Å². The predicted octanol–water partition coefficient (Wildman–Crippen LogP) is 1.47. The number of hydrogen-bond donors (Lipinski definition) is 2. The topological polar surface area (TPSA) is 62.2 Å². The molecule has 110 valence electrons. The lowest BCUT2D eigenvalue weighted by atomic mass is 9.79. The Morgan fingerprint density at radius 2 is 2.25 bits per heavy atom. The van der Waals surface area contributed by atoms with Gasteiger partial charge in [-0.2, -0.15) is 0 Å². The number of epoxide rings is 1. The van der Waals surface area contributed by atoms with Crippen LogP contribution in [-0.4, -0.2) is 45.8 Å². The largest absolute Gasteiger partial charge is 0.388 e. The lowest BCUT2D eigenvalue weighted by Gasteiger charge is -2.26. The number of aliphatic hydroxyl groups is 2. The number of allylic oxidation sites excluding steroid dienone is 1. The molecule has 0 aromatic carbocycles. The van der Waals surface area contributed by atoms with Crippen molar-refractivity contribution in [3.05, 3.63) is 29.5 Å². The van der Waals surface area contributed by atoms with Crippen LogP contribution in [0.5, 0.6) is 0 Å². The minimum atomic E-state index is -0.898. The quantitative estimate of drug-likeness (QED) is 0.456. The number of aliphatic hydroxyl groups excluding tert-OH is 1. The second kappa shape index (κ2) is 4.30. The van der Waals surface area contributed by atoms with Gasteiger partial charge in [0, 0.05) is 18.4 Å². The van der Waals surface area contributed by atoms with E-state index in [0.717, 1.165) is 11.1 Å². The molecule has 20 heavy (non-hydrogen) atoms. The first-order valence-electron chi connectivity index (χ1n) is 7.09. The maximum Gasteiger partial charge on any atom is 0.127 e. The first-order valence-corrected chi connectivity index (χ1v) is 7.09. The summed E-state index contributed by atoms with van der Waals surface area (Å²) in [5.41, 5.74) is 3.50. The Kier molecular flexibility index (Phi) is 3.02. The van der Waals surface area contributed by atoms with Gasteiger partial charge in [0.05, 0.1) is 17.8 Å². The zero-order chi connectivity index (χ0) is 14.7. The van der Waals surface area contributed by atoms with Crippen molar-refractivity contribution < 1.29 is 19.7 Å². The predicted molar refractivity (Wildman–Crippen MR) is 74.2 cm³/mol. The van der Waals surface area contributed by atoms with Crippen LogP contribution in [0.25, 0.3) is 0 Å². The molecule has 3 fully saturated rings. The molecule has 1 saturated carbocycles. The summed E-state index contributed by atoms with van der Waals surface area (Å²) in [4.78, 5) is 0. The van der Waals surface area contributed by atoms with E-state index in [2.05, 4.69) is 12.3 Å². The van der Waals surface area contributed by atoms with Crippen LogP contribution in [0.1, 0.15) is 33.6 Å². The molecule has 3 rings (SSSR count). The molecule has 4 heteroatoms. The van der Waals surface area contributed by atoms with E-state index < -0.39 is 17.3 Å². The highest BCUT2D eigenvalue weighted by Crippen LogP contribution is 2.58. The molecule has 2 saturated heterocycles. The van der Waals surface area contributed by atoms with E-state index in [1.165, 1.54) is 0 Å². The Labute approximate surface area is 119 Å². The summed E-state index contributed by atoms with van der Waals surface area (Å²) in [6, 6.07) is 0. The first-order chi connectivity index (χ1) is 9.24. The SMILES string of the molecule is C=C(C)C=C=C1C[C@@H]2O[C@@H](C(C)(C)O)C[C@]23O[C@@H]3[C@@H]1O. The molecule has 0 unspecified atom stereocenters. The summed E-state index contributed by atoms with van der Waals surface area (Å²) in [5.74, 6) is 0. The minimum absolute atomic E-state index is 0.103. The van der Waals surface area contributed by atoms with Gasteiger partial charge in [0.1, 0.15) is 17.8 Å². The molecule has 5 atom stereocenters. The fourth-order valence-corrected chi connectivity index (χ4v) is 3.24. The molecule has 0 aromatic rings. The molecular weight excluding hydrogens is 256 g/mol. The number of rotatable bonds is 2. The Balaban J connectivity index is 1.85. The van der Waals surface area contributed by atoms with E-state index in [1.54, 1.807) is 19.9 Å². The second-order valence-electron chi connectivity index (χ2n) is 6.77. The van der Waals surface area contributed by atoms with Crippen LogP contribution in [0.3, 0.4) is 0 Å². The normalized spacial score (nSPS) is 42.5. The van der Waals surface area contributed by atoms with Crippen molar-refractivity contribution in [3.8, 4) is 0 Å². The molecule has 0 amide bonds. The zero-order valence-corrected chi connectivity index (χ0v) is 12.2. The van der Waals surface area contributed by atoms with E-state index >= 15 is 0 Å². The van der Waals surface area contributed by atoms with Gasteiger partial charge in [-0.05, 0) is 26.8 Å². The molecular formula is C16H22O4. The zero-order valence-electron chi connectivity index (χ0n) is 12.2. The van der Waals surface area contributed by atoms with Crippen molar-refractivity contribution in [1.82, 2.24) is 0 Å². The maximum atomic E-state index is 10.3. The summed E-state index contributed by atoms with van der Waals surface area (Å²) in [6.07, 6.45) is 1.79. The van der Waals surface area contributed by atoms with Gasteiger partial charge in [0.15, 0.2) is 0 Å². The summed E-state index contributed by atoms with van der Waals surface area (Å²) < 4.78 is 11.8. The van der Waals surface area contributed by atoms with Crippen molar-refractivity contribution in [3.63, 3.8) is 0 Å². The number of ether oxygens (including phenoxy) is 2. The molecule has 4 nitrogen and oxygen atoms in total. The number of hydrogen-bond acceptors (Lipinski definition) is 4. The molecule has 0 bridgehead atoms. The lowest BCUT2D eigenvalue weighted by molar-refractivity contribution is -0.0855.